The highest BCUT2D eigenvalue weighted by Gasteiger charge is 2.05. The highest BCUT2D eigenvalue weighted by atomic mass is 16.5. The first-order chi connectivity index (χ1) is 10.1. The Hall–Kier alpha value is -2.25. The van der Waals surface area contributed by atoms with E-state index in [1.807, 2.05) is 42.1 Å². The minimum Gasteiger partial charge on any atom is -0.487 e. The number of hydrogen-bond donors (Lipinski definition) is 1. The molecule has 0 fully saturated rings. The number of benzene rings is 1. The molecule has 110 valence electrons. The van der Waals surface area contributed by atoms with Crippen molar-refractivity contribution in [2.45, 2.75) is 33.4 Å². The van der Waals surface area contributed by atoms with Crippen LogP contribution in [0.15, 0.2) is 30.5 Å². The number of aryl methyl sites for hydroxylation is 1. The summed E-state index contributed by atoms with van der Waals surface area (Å²) < 4.78 is 7.75. The summed E-state index contributed by atoms with van der Waals surface area (Å²) in [6.07, 6.45) is 1.97. The molecule has 21 heavy (non-hydrogen) atoms. The maximum atomic E-state index is 5.83. The van der Waals surface area contributed by atoms with Crippen molar-refractivity contribution in [1.29, 1.82) is 0 Å². The third-order valence-electron chi connectivity index (χ3n) is 3.08. The topological polar surface area (TPSA) is 53.1 Å². The number of ether oxygens (including phenoxy) is 1. The molecule has 0 aliphatic heterocycles. The molecule has 2 aromatic rings. The van der Waals surface area contributed by atoms with Gasteiger partial charge >= 0.3 is 0 Å². The molecule has 0 bridgehead atoms. The fourth-order valence-corrected chi connectivity index (χ4v) is 1.94. The summed E-state index contributed by atoms with van der Waals surface area (Å²) in [5.41, 5.74) is 8.31. The van der Waals surface area contributed by atoms with E-state index >= 15 is 0 Å². The van der Waals surface area contributed by atoms with Crippen LogP contribution in [0.1, 0.15) is 36.7 Å². The van der Waals surface area contributed by atoms with Crippen LogP contribution in [-0.4, -0.2) is 16.3 Å². The molecule has 1 heterocycles. The van der Waals surface area contributed by atoms with Crippen molar-refractivity contribution >= 4 is 0 Å². The fourth-order valence-electron chi connectivity index (χ4n) is 1.94. The summed E-state index contributed by atoms with van der Waals surface area (Å²) in [6, 6.07) is 8.23. The average molecular weight is 283 g/mol. The molecule has 0 unspecified atom stereocenters. The molecule has 1 aromatic heterocycles. The summed E-state index contributed by atoms with van der Waals surface area (Å²) in [6.45, 7) is 7.05. The van der Waals surface area contributed by atoms with E-state index in [2.05, 4.69) is 30.8 Å². The second kappa shape index (κ2) is 6.96. The molecule has 4 heteroatoms. The molecule has 0 amide bonds. The zero-order chi connectivity index (χ0) is 15.2. The van der Waals surface area contributed by atoms with E-state index in [9.17, 15) is 0 Å². The smallest absolute Gasteiger partial charge is 0.132 e. The SMILES string of the molecule is Cc1cc(C#CCN)ccc1OCc1ccn(C(C)C)n1. The minimum atomic E-state index is 0.362. The standard InChI is InChI=1S/C17H21N3O/c1-13(2)20-10-8-16(19-20)12-21-17-7-6-15(5-4-9-18)11-14(17)3/h6-8,10-11,13H,9,12,18H2,1-3H3. The third-order valence-corrected chi connectivity index (χ3v) is 3.08. The molecule has 0 saturated heterocycles. The first kappa shape index (κ1) is 15.1. The van der Waals surface area contributed by atoms with Crippen LogP contribution >= 0.6 is 0 Å². The Morgan fingerprint density at radius 3 is 2.76 bits per heavy atom. The van der Waals surface area contributed by atoms with Crippen LogP contribution in [-0.2, 0) is 6.61 Å². The molecule has 4 nitrogen and oxygen atoms in total. The summed E-state index contributed by atoms with van der Waals surface area (Å²) in [7, 11) is 0. The second-order valence-electron chi connectivity index (χ2n) is 5.16. The largest absolute Gasteiger partial charge is 0.487 e. The molecule has 2 rings (SSSR count). The quantitative estimate of drug-likeness (QED) is 0.878. The molecule has 0 spiro atoms. The van der Waals surface area contributed by atoms with E-state index in [1.54, 1.807) is 0 Å². The predicted molar refractivity (Wildman–Crippen MR) is 84.1 cm³/mol. The Kier molecular flexibility index (Phi) is 5.02. The van der Waals surface area contributed by atoms with Crippen LogP contribution in [0.5, 0.6) is 5.75 Å². The highest BCUT2D eigenvalue weighted by molar-refractivity contribution is 5.43. The van der Waals surface area contributed by atoms with Gasteiger partial charge < -0.3 is 10.5 Å². The van der Waals surface area contributed by atoms with E-state index in [0.29, 0.717) is 19.2 Å². The lowest BCUT2D eigenvalue weighted by atomic mass is 10.1. The second-order valence-corrected chi connectivity index (χ2v) is 5.16. The lowest BCUT2D eigenvalue weighted by Gasteiger charge is -2.08. The zero-order valence-corrected chi connectivity index (χ0v) is 12.8. The zero-order valence-electron chi connectivity index (χ0n) is 12.8. The summed E-state index contributed by atoms with van der Waals surface area (Å²) in [5.74, 6) is 6.72. The first-order valence-corrected chi connectivity index (χ1v) is 7.06. The first-order valence-electron chi connectivity index (χ1n) is 7.06. The van der Waals surface area contributed by atoms with Gasteiger partial charge in [0.05, 0.1) is 12.2 Å². The van der Waals surface area contributed by atoms with E-state index in [1.165, 1.54) is 0 Å². The van der Waals surface area contributed by atoms with E-state index < -0.39 is 0 Å². The Morgan fingerprint density at radius 1 is 1.33 bits per heavy atom. The Morgan fingerprint density at radius 2 is 2.14 bits per heavy atom. The lowest BCUT2D eigenvalue weighted by molar-refractivity contribution is 0.296. The van der Waals surface area contributed by atoms with Gasteiger partial charge in [0.1, 0.15) is 12.4 Å². The molecule has 0 atom stereocenters. The van der Waals surface area contributed by atoms with Crippen molar-refractivity contribution in [3.05, 3.63) is 47.3 Å². The number of aromatic nitrogens is 2. The van der Waals surface area contributed by atoms with Gasteiger partial charge in [-0.15, -0.1) is 0 Å². The van der Waals surface area contributed by atoms with Crippen LogP contribution in [0.25, 0.3) is 0 Å². The molecule has 0 radical (unpaired) electrons. The summed E-state index contributed by atoms with van der Waals surface area (Å²) in [5, 5.41) is 4.47. The molecular formula is C17H21N3O. The number of nitrogens with zero attached hydrogens (tertiary/aromatic N) is 2. The molecule has 0 aliphatic carbocycles. The number of nitrogens with two attached hydrogens (primary N) is 1. The third kappa shape index (κ3) is 4.11. The van der Waals surface area contributed by atoms with Gasteiger partial charge in [-0.3, -0.25) is 4.68 Å². The van der Waals surface area contributed by atoms with Crippen LogP contribution in [0.4, 0.5) is 0 Å². The fraction of sp³-hybridized carbons (Fsp3) is 0.353. The minimum absolute atomic E-state index is 0.362. The van der Waals surface area contributed by atoms with Gasteiger partial charge in [0.2, 0.25) is 0 Å². The van der Waals surface area contributed by atoms with Gasteiger partial charge in [0.15, 0.2) is 0 Å². The van der Waals surface area contributed by atoms with Gasteiger partial charge in [-0.2, -0.15) is 5.10 Å². The van der Waals surface area contributed by atoms with Gasteiger partial charge in [0, 0.05) is 17.8 Å². The van der Waals surface area contributed by atoms with Gasteiger partial charge in [-0.1, -0.05) is 11.8 Å². The predicted octanol–water partition coefficient (Wildman–Crippen LogP) is 2.66. The number of rotatable bonds is 4. The monoisotopic (exact) mass is 283 g/mol. The van der Waals surface area contributed by atoms with E-state index in [0.717, 1.165) is 22.6 Å². The van der Waals surface area contributed by atoms with Crippen molar-refractivity contribution in [2.75, 3.05) is 6.54 Å². The Bertz CT molecular complexity index is 662. The maximum Gasteiger partial charge on any atom is 0.132 e. The van der Waals surface area contributed by atoms with Crippen molar-refractivity contribution in [3.8, 4) is 17.6 Å². The van der Waals surface area contributed by atoms with Gasteiger partial charge in [-0.05, 0) is 50.6 Å². The van der Waals surface area contributed by atoms with Crippen molar-refractivity contribution in [1.82, 2.24) is 9.78 Å². The summed E-state index contributed by atoms with van der Waals surface area (Å²) in [4.78, 5) is 0. The van der Waals surface area contributed by atoms with E-state index in [4.69, 9.17) is 10.5 Å². The highest BCUT2D eigenvalue weighted by Crippen LogP contribution is 2.20. The normalized spacial score (nSPS) is 10.3. The van der Waals surface area contributed by atoms with Crippen LogP contribution < -0.4 is 10.5 Å². The average Bonchev–Trinajstić information content (AvgIpc) is 2.93. The molecule has 2 N–H and O–H groups in total. The van der Waals surface area contributed by atoms with Crippen LogP contribution in [0.2, 0.25) is 0 Å². The van der Waals surface area contributed by atoms with Crippen LogP contribution in [0.3, 0.4) is 0 Å². The van der Waals surface area contributed by atoms with Crippen molar-refractivity contribution in [2.24, 2.45) is 5.73 Å². The summed E-state index contributed by atoms with van der Waals surface area (Å²) >= 11 is 0. The number of hydrogen-bond acceptors (Lipinski definition) is 3. The van der Waals surface area contributed by atoms with E-state index in [-0.39, 0.29) is 0 Å². The van der Waals surface area contributed by atoms with Gasteiger partial charge in [-0.25, -0.2) is 0 Å². The molecule has 0 saturated carbocycles. The maximum absolute atomic E-state index is 5.83. The lowest BCUT2D eigenvalue weighted by Crippen LogP contribution is -2.03. The van der Waals surface area contributed by atoms with Crippen molar-refractivity contribution in [3.63, 3.8) is 0 Å². The van der Waals surface area contributed by atoms with Crippen LogP contribution in [0, 0.1) is 18.8 Å². The Labute approximate surface area is 125 Å². The van der Waals surface area contributed by atoms with Crippen molar-refractivity contribution < 1.29 is 4.74 Å². The molecular weight excluding hydrogens is 262 g/mol. The molecule has 0 aliphatic rings. The van der Waals surface area contributed by atoms with Gasteiger partial charge in [0.25, 0.3) is 0 Å². The molecule has 1 aromatic carbocycles. The Balaban J connectivity index is 2.02.